The Morgan fingerprint density at radius 2 is 1.92 bits per heavy atom. The lowest BCUT2D eigenvalue weighted by molar-refractivity contribution is -0.00000597. The van der Waals surface area contributed by atoms with E-state index in [0.29, 0.717) is 13.2 Å². The Hall–Kier alpha value is -1.51. The molecular weight excluding hydrogens is 350 g/mol. The average molecular weight is 373 g/mol. The van der Waals surface area contributed by atoms with Gasteiger partial charge in [-0.05, 0) is 42.0 Å². The maximum Gasteiger partial charge on any atom is 0.209 e. The Kier molecular flexibility index (Phi) is 9.51. The van der Waals surface area contributed by atoms with Crippen molar-refractivity contribution < 1.29 is 21.9 Å². The van der Waals surface area contributed by atoms with Crippen LogP contribution >= 0.6 is 11.8 Å². The first kappa shape index (κ1) is 20.5. The van der Waals surface area contributed by atoms with Crippen molar-refractivity contribution in [2.75, 3.05) is 25.5 Å². The number of aromatic nitrogens is 4. The van der Waals surface area contributed by atoms with Crippen LogP contribution in [-0.4, -0.2) is 45.7 Å². The summed E-state index contributed by atoms with van der Waals surface area (Å²) in [6.45, 7) is 6.85. The molecule has 134 valence electrons. The third kappa shape index (κ3) is 6.18. The zero-order valence-electron chi connectivity index (χ0n) is 14.2. The highest BCUT2D eigenvalue weighted by Gasteiger charge is 2.06. The first-order valence-corrected chi connectivity index (χ1v) is 8.67. The van der Waals surface area contributed by atoms with E-state index >= 15 is 0 Å². The molecule has 0 aliphatic heterocycles. The maximum atomic E-state index is 5.64. The van der Waals surface area contributed by atoms with E-state index < -0.39 is 0 Å². The summed E-state index contributed by atoms with van der Waals surface area (Å²) in [4.78, 5) is 0. The van der Waals surface area contributed by atoms with Crippen molar-refractivity contribution in [1.29, 1.82) is 0 Å². The number of tetrazole rings is 1. The molecule has 0 unspecified atom stereocenters. The number of ether oxygens (including phenoxy) is 2. The topological polar surface area (TPSA) is 74.1 Å². The van der Waals surface area contributed by atoms with Crippen molar-refractivity contribution in [3.63, 3.8) is 0 Å². The molecule has 0 saturated carbocycles. The van der Waals surface area contributed by atoms with Gasteiger partial charge in [0.2, 0.25) is 5.16 Å². The molecule has 1 aromatic heterocycles. The van der Waals surface area contributed by atoms with E-state index in [0.717, 1.165) is 35.5 Å². The summed E-state index contributed by atoms with van der Waals surface area (Å²) in [7, 11) is 1.84. The number of hydrogen-bond acceptors (Lipinski definition) is 7. The van der Waals surface area contributed by atoms with Gasteiger partial charge in [-0.15, -0.1) is 5.10 Å². The zero-order valence-corrected chi connectivity index (χ0v) is 15.7. The number of rotatable bonds is 10. The molecule has 1 N–H and O–H groups in total. The molecule has 0 aliphatic carbocycles. The van der Waals surface area contributed by atoms with Crippen LogP contribution in [0.5, 0.6) is 11.5 Å². The molecule has 0 aliphatic rings. The van der Waals surface area contributed by atoms with E-state index in [9.17, 15) is 0 Å². The normalized spacial score (nSPS) is 10.3. The lowest BCUT2D eigenvalue weighted by Gasteiger charge is -2.12. The van der Waals surface area contributed by atoms with Gasteiger partial charge in [-0.25, -0.2) is 4.68 Å². The summed E-state index contributed by atoms with van der Waals surface area (Å²) < 4.78 is 12.9. The van der Waals surface area contributed by atoms with E-state index in [-0.39, 0.29) is 12.4 Å². The van der Waals surface area contributed by atoms with Crippen LogP contribution in [0.3, 0.4) is 0 Å². The van der Waals surface area contributed by atoms with Crippen molar-refractivity contribution in [3.05, 3.63) is 23.8 Å². The zero-order chi connectivity index (χ0) is 16.5. The summed E-state index contributed by atoms with van der Waals surface area (Å²) >= 11 is 1.63. The van der Waals surface area contributed by atoms with Crippen molar-refractivity contribution in [1.82, 2.24) is 25.5 Å². The third-order valence-electron chi connectivity index (χ3n) is 3.03. The van der Waals surface area contributed by atoms with Gasteiger partial charge in [0.1, 0.15) is 0 Å². The molecule has 9 heteroatoms. The number of benzene rings is 1. The molecule has 1 heterocycles. The molecular formula is C15H23ClN5O2S-. The van der Waals surface area contributed by atoms with Crippen LogP contribution in [0.25, 0.3) is 0 Å². The highest BCUT2D eigenvalue weighted by Crippen LogP contribution is 2.28. The largest absolute Gasteiger partial charge is 1.00 e. The van der Waals surface area contributed by atoms with Crippen LogP contribution in [0.4, 0.5) is 0 Å². The highest BCUT2D eigenvalue weighted by atomic mass is 35.5. The van der Waals surface area contributed by atoms with Gasteiger partial charge in [-0.1, -0.05) is 17.8 Å². The molecule has 0 atom stereocenters. The molecule has 0 bridgehead atoms. The van der Waals surface area contributed by atoms with Crippen LogP contribution in [0.15, 0.2) is 23.4 Å². The number of nitrogens with zero attached hydrogens (tertiary/aromatic N) is 4. The second kappa shape index (κ2) is 11.1. The minimum atomic E-state index is 0. The SMILES string of the molecule is CCOc1ccc(CNCCSc2nnnn2C)cc1OCC.[Cl-]. The Bertz CT molecular complexity index is 611. The van der Waals surface area contributed by atoms with E-state index in [2.05, 4.69) is 26.9 Å². The fourth-order valence-corrected chi connectivity index (χ4v) is 2.74. The quantitative estimate of drug-likeness (QED) is 0.419. The minimum Gasteiger partial charge on any atom is -1.00 e. The lowest BCUT2D eigenvalue weighted by atomic mass is 10.2. The molecule has 0 spiro atoms. The van der Waals surface area contributed by atoms with Crippen molar-refractivity contribution in [3.8, 4) is 11.5 Å². The Morgan fingerprint density at radius 3 is 2.58 bits per heavy atom. The second-order valence-electron chi connectivity index (χ2n) is 4.76. The molecule has 24 heavy (non-hydrogen) atoms. The number of thioether (sulfide) groups is 1. The fraction of sp³-hybridized carbons (Fsp3) is 0.533. The average Bonchev–Trinajstić information content (AvgIpc) is 2.95. The molecule has 0 radical (unpaired) electrons. The predicted molar refractivity (Wildman–Crippen MR) is 90.0 cm³/mol. The summed E-state index contributed by atoms with van der Waals surface area (Å²) in [5.74, 6) is 2.50. The molecule has 0 amide bonds. The van der Waals surface area contributed by atoms with Crippen LogP contribution in [0.1, 0.15) is 19.4 Å². The Morgan fingerprint density at radius 1 is 1.17 bits per heavy atom. The second-order valence-corrected chi connectivity index (χ2v) is 5.82. The summed E-state index contributed by atoms with van der Waals surface area (Å²) in [6, 6.07) is 6.05. The van der Waals surface area contributed by atoms with Gasteiger partial charge in [0, 0.05) is 25.9 Å². The molecule has 0 fully saturated rings. The Balaban J connectivity index is 0.00000288. The van der Waals surface area contributed by atoms with Gasteiger partial charge < -0.3 is 27.2 Å². The minimum absolute atomic E-state index is 0. The number of hydrogen-bond donors (Lipinski definition) is 1. The van der Waals surface area contributed by atoms with E-state index in [4.69, 9.17) is 9.47 Å². The van der Waals surface area contributed by atoms with Gasteiger partial charge in [0.05, 0.1) is 13.2 Å². The number of halogens is 1. The third-order valence-corrected chi connectivity index (χ3v) is 4.04. The van der Waals surface area contributed by atoms with Crippen LogP contribution in [-0.2, 0) is 13.6 Å². The smallest absolute Gasteiger partial charge is 0.209 e. The van der Waals surface area contributed by atoms with Gasteiger partial charge in [-0.2, -0.15) is 0 Å². The van der Waals surface area contributed by atoms with Crippen LogP contribution < -0.4 is 27.2 Å². The summed E-state index contributed by atoms with van der Waals surface area (Å²) in [5, 5.41) is 15.6. The van der Waals surface area contributed by atoms with Gasteiger partial charge in [0.15, 0.2) is 11.5 Å². The summed E-state index contributed by atoms with van der Waals surface area (Å²) in [6.07, 6.45) is 0. The van der Waals surface area contributed by atoms with Crippen LogP contribution in [0, 0.1) is 0 Å². The van der Waals surface area contributed by atoms with E-state index in [1.54, 1.807) is 16.4 Å². The molecule has 7 nitrogen and oxygen atoms in total. The van der Waals surface area contributed by atoms with Crippen molar-refractivity contribution in [2.45, 2.75) is 25.5 Å². The fourth-order valence-electron chi connectivity index (χ4n) is 2.00. The van der Waals surface area contributed by atoms with Gasteiger partial charge in [0.25, 0.3) is 0 Å². The predicted octanol–water partition coefficient (Wildman–Crippen LogP) is -1.11. The number of nitrogens with one attached hydrogen (secondary N) is 1. The molecule has 1 aromatic carbocycles. The Labute approximate surface area is 152 Å². The van der Waals surface area contributed by atoms with Crippen molar-refractivity contribution >= 4 is 11.8 Å². The van der Waals surface area contributed by atoms with Gasteiger partial charge >= 0.3 is 0 Å². The standard InChI is InChI=1S/C15H23N5O2S.ClH/c1-4-21-13-7-6-12(10-14(13)22-5-2)11-16-8-9-23-15-17-18-19-20(15)3;/h6-7,10,16H,4-5,8-9,11H2,1-3H3;1H/p-1. The highest BCUT2D eigenvalue weighted by molar-refractivity contribution is 7.99. The summed E-state index contributed by atoms with van der Waals surface area (Å²) in [5.41, 5.74) is 1.17. The molecule has 0 saturated heterocycles. The van der Waals surface area contributed by atoms with Crippen LogP contribution in [0.2, 0.25) is 0 Å². The van der Waals surface area contributed by atoms with E-state index in [1.165, 1.54) is 5.56 Å². The first-order chi connectivity index (χ1) is 11.2. The lowest BCUT2D eigenvalue weighted by Crippen LogP contribution is -3.00. The monoisotopic (exact) mass is 372 g/mol. The number of aryl methyl sites for hydroxylation is 1. The van der Waals surface area contributed by atoms with Crippen molar-refractivity contribution in [2.24, 2.45) is 7.05 Å². The first-order valence-electron chi connectivity index (χ1n) is 7.69. The molecule has 2 aromatic rings. The maximum absolute atomic E-state index is 5.64. The van der Waals surface area contributed by atoms with E-state index in [1.807, 2.05) is 33.0 Å². The molecule has 2 rings (SSSR count). The van der Waals surface area contributed by atoms with Gasteiger partial charge in [-0.3, -0.25) is 0 Å².